The molecule has 1 aliphatic heterocycles. The molecule has 0 unspecified atom stereocenters. The fourth-order valence-electron chi connectivity index (χ4n) is 2.75. The third-order valence-corrected chi connectivity index (χ3v) is 3.93. The highest BCUT2D eigenvalue weighted by molar-refractivity contribution is 5.68. The molecule has 5 nitrogen and oxygen atoms in total. The van der Waals surface area contributed by atoms with Crippen LogP contribution in [0.5, 0.6) is 0 Å². The van der Waals surface area contributed by atoms with Gasteiger partial charge < -0.3 is 20.7 Å². The van der Waals surface area contributed by atoms with Crippen LogP contribution in [-0.4, -0.2) is 42.3 Å². The molecule has 0 radical (unpaired) electrons. The largest absolute Gasteiger partial charge is 0.444 e. The van der Waals surface area contributed by atoms with Gasteiger partial charge in [-0.2, -0.15) is 0 Å². The summed E-state index contributed by atoms with van der Waals surface area (Å²) in [5.41, 5.74) is 6.90. The minimum absolute atomic E-state index is 0.0342. The molecule has 3 N–H and O–H groups in total. The zero-order valence-electron chi connectivity index (χ0n) is 14.4. The van der Waals surface area contributed by atoms with Crippen LogP contribution in [0.2, 0.25) is 0 Å². The molecule has 0 aliphatic carbocycles. The monoisotopic (exact) mass is 319 g/mol. The van der Waals surface area contributed by atoms with Crippen molar-refractivity contribution >= 4 is 6.09 Å². The van der Waals surface area contributed by atoms with Gasteiger partial charge in [0.15, 0.2) is 0 Å². The SMILES string of the molecule is CC(C)(C)OC(=O)N1CCC[C@H](NC[C@@H](N)c2ccccc2)C1. The number of benzene rings is 1. The summed E-state index contributed by atoms with van der Waals surface area (Å²) in [5, 5.41) is 3.49. The van der Waals surface area contributed by atoms with E-state index in [2.05, 4.69) is 5.32 Å². The van der Waals surface area contributed by atoms with Crippen molar-refractivity contribution in [3.63, 3.8) is 0 Å². The second-order valence-electron chi connectivity index (χ2n) is 7.19. The maximum Gasteiger partial charge on any atom is 0.410 e. The van der Waals surface area contributed by atoms with Gasteiger partial charge in [0, 0.05) is 31.7 Å². The van der Waals surface area contributed by atoms with Crippen molar-refractivity contribution in [2.75, 3.05) is 19.6 Å². The number of nitrogens with two attached hydrogens (primary N) is 1. The molecule has 0 spiro atoms. The number of likely N-dealkylation sites (tertiary alicyclic amines) is 1. The highest BCUT2D eigenvalue weighted by Gasteiger charge is 2.27. The Morgan fingerprint density at radius 3 is 2.74 bits per heavy atom. The van der Waals surface area contributed by atoms with Crippen LogP contribution in [0.4, 0.5) is 4.79 Å². The molecule has 23 heavy (non-hydrogen) atoms. The predicted octanol–water partition coefficient (Wildman–Crippen LogP) is 2.68. The minimum Gasteiger partial charge on any atom is -0.444 e. The molecule has 0 bridgehead atoms. The van der Waals surface area contributed by atoms with Gasteiger partial charge in [-0.05, 0) is 39.2 Å². The molecule has 128 valence electrons. The number of amides is 1. The van der Waals surface area contributed by atoms with Crippen molar-refractivity contribution in [1.82, 2.24) is 10.2 Å². The van der Waals surface area contributed by atoms with E-state index < -0.39 is 5.60 Å². The number of carbonyl (C=O) groups is 1. The maximum absolute atomic E-state index is 12.2. The lowest BCUT2D eigenvalue weighted by molar-refractivity contribution is 0.0187. The van der Waals surface area contributed by atoms with Gasteiger partial charge in [-0.25, -0.2) is 4.79 Å². The van der Waals surface area contributed by atoms with E-state index in [4.69, 9.17) is 10.5 Å². The molecule has 1 aromatic carbocycles. The van der Waals surface area contributed by atoms with Gasteiger partial charge >= 0.3 is 6.09 Å². The van der Waals surface area contributed by atoms with Gasteiger partial charge in [0.2, 0.25) is 0 Å². The lowest BCUT2D eigenvalue weighted by atomic mass is 10.0. The molecule has 5 heteroatoms. The predicted molar refractivity (Wildman–Crippen MR) is 92.2 cm³/mol. The average molecular weight is 319 g/mol. The topological polar surface area (TPSA) is 67.6 Å². The van der Waals surface area contributed by atoms with E-state index in [1.807, 2.05) is 51.1 Å². The van der Waals surface area contributed by atoms with Crippen molar-refractivity contribution in [3.8, 4) is 0 Å². The fraction of sp³-hybridized carbons (Fsp3) is 0.611. The van der Waals surface area contributed by atoms with Crippen LogP contribution in [0, 0.1) is 0 Å². The molecular weight excluding hydrogens is 290 g/mol. The zero-order valence-corrected chi connectivity index (χ0v) is 14.4. The summed E-state index contributed by atoms with van der Waals surface area (Å²) in [5.74, 6) is 0. The molecule has 1 aromatic rings. The second kappa shape index (κ2) is 7.79. The standard InChI is InChI=1S/C18H29N3O2/c1-18(2,3)23-17(22)21-11-7-10-15(13-21)20-12-16(19)14-8-5-4-6-9-14/h4-6,8-9,15-16,20H,7,10-13,19H2,1-3H3/t15-,16+/m0/s1. The van der Waals surface area contributed by atoms with Gasteiger partial charge in [-0.1, -0.05) is 30.3 Å². The molecule has 1 saturated heterocycles. The third-order valence-electron chi connectivity index (χ3n) is 3.93. The number of piperidine rings is 1. The van der Waals surface area contributed by atoms with E-state index >= 15 is 0 Å². The van der Waals surface area contributed by atoms with E-state index in [9.17, 15) is 4.79 Å². The minimum atomic E-state index is -0.451. The molecule has 2 atom stereocenters. The Morgan fingerprint density at radius 2 is 2.09 bits per heavy atom. The first-order chi connectivity index (χ1) is 10.8. The van der Waals surface area contributed by atoms with Crippen LogP contribution in [-0.2, 0) is 4.74 Å². The fourth-order valence-corrected chi connectivity index (χ4v) is 2.75. The number of ether oxygens (including phenoxy) is 1. The lowest BCUT2D eigenvalue weighted by Gasteiger charge is -2.35. The van der Waals surface area contributed by atoms with Crippen LogP contribution < -0.4 is 11.1 Å². The Kier molecular flexibility index (Phi) is 6.02. The van der Waals surface area contributed by atoms with Gasteiger partial charge in [0.25, 0.3) is 0 Å². The van der Waals surface area contributed by atoms with E-state index in [1.54, 1.807) is 4.90 Å². The van der Waals surface area contributed by atoms with Gasteiger partial charge in [-0.3, -0.25) is 0 Å². The van der Waals surface area contributed by atoms with Crippen molar-refractivity contribution in [2.24, 2.45) is 5.73 Å². The summed E-state index contributed by atoms with van der Waals surface area (Å²) in [4.78, 5) is 14.0. The summed E-state index contributed by atoms with van der Waals surface area (Å²) in [6.07, 6.45) is 1.81. The first-order valence-electron chi connectivity index (χ1n) is 8.37. The van der Waals surface area contributed by atoms with Gasteiger partial charge in [0.05, 0.1) is 0 Å². The second-order valence-corrected chi connectivity index (χ2v) is 7.19. The first-order valence-corrected chi connectivity index (χ1v) is 8.37. The smallest absolute Gasteiger partial charge is 0.410 e. The lowest BCUT2D eigenvalue weighted by Crippen LogP contribution is -2.50. The number of carbonyl (C=O) groups excluding carboxylic acids is 1. The van der Waals surface area contributed by atoms with Crippen LogP contribution >= 0.6 is 0 Å². The number of nitrogens with one attached hydrogen (secondary N) is 1. The Balaban J connectivity index is 1.81. The maximum atomic E-state index is 12.2. The Hall–Kier alpha value is -1.59. The van der Waals surface area contributed by atoms with E-state index in [0.717, 1.165) is 24.9 Å². The van der Waals surface area contributed by atoms with Crippen molar-refractivity contribution in [2.45, 2.75) is 51.3 Å². The van der Waals surface area contributed by atoms with Crippen molar-refractivity contribution in [3.05, 3.63) is 35.9 Å². The Morgan fingerprint density at radius 1 is 1.39 bits per heavy atom. The van der Waals surface area contributed by atoms with E-state index in [-0.39, 0.29) is 18.2 Å². The van der Waals surface area contributed by atoms with Crippen LogP contribution in [0.3, 0.4) is 0 Å². The summed E-state index contributed by atoms with van der Waals surface area (Å²) in [7, 11) is 0. The van der Waals surface area contributed by atoms with E-state index in [0.29, 0.717) is 13.1 Å². The number of nitrogens with zero attached hydrogens (tertiary/aromatic N) is 1. The number of hydrogen-bond donors (Lipinski definition) is 2. The molecule has 1 fully saturated rings. The molecule has 0 aromatic heterocycles. The van der Waals surface area contributed by atoms with Crippen molar-refractivity contribution in [1.29, 1.82) is 0 Å². The van der Waals surface area contributed by atoms with Crippen LogP contribution in [0.25, 0.3) is 0 Å². The quantitative estimate of drug-likeness (QED) is 0.895. The normalized spacial score (nSPS) is 20.2. The van der Waals surface area contributed by atoms with Crippen LogP contribution in [0.1, 0.15) is 45.2 Å². The van der Waals surface area contributed by atoms with Gasteiger partial charge in [-0.15, -0.1) is 0 Å². The molecule has 1 amide bonds. The number of hydrogen-bond acceptors (Lipinski definition) is 4. The Labute approximate surface area is 139 Å². The number of rotatable bonds is 4. The summed E-state index contributed by atoms with van der Waals surface area (Å²) in [6.45, 7) is 7.82. The third kappa shape index (κ3) is 5.84. The first kappa shape index (κ1) is 17.8. The molecule has 1 heterocycles. The summed E-state index contributed by atoms with van der Waals surface area (Å²) in [6, 6.07) is 10.3. The Bertz CT molecular complexity index is 499. The van der Waals surface area contributed by atoms with E-state index in [1.165, 1.54) is 0 Å². The molecule has 2 rings (SSSR count). The highest BCUT2D eigenvalue weighted by atomic mass is 16.6. The zero-order chi connectivity index (χ0) is 16.9. The van der Waals surface area contributed by atoms with Crippen LogP contribution in [0.15, 0.2) is 30.3 Å². The van der Waals surface area contributed by atoms with Gasteiger partial charge in [0.1, 0.15) is 5.60 Å². The summed E-state index contributed by atoms with van der Waals surface area (Å²) < 4.78 is 5.45. The van der Waals surface area contributed by atoms with Crippen molar-refractivity contribution < 1.29 is 9.53 Å². The molecule has 1 aliphatic rings. The highest BCUT2D eigenvalue weighted by Crippen LogP contribution is 2.16. The molecular formula is C18H29N3O2. The molecule has 0 saturated carbocycles. The summed E-state index contributed by atoms with van der Waals surface area (Å²) >= 11 is 0. The average Bonchev–Trinajstić information content (AvgIpc) is 2.52.